The van der Waals surface area contributed by atoms with Crippen molar-refractivity contribution in [3.63, 3.8) is 0 Å². The molecule has 1 aromatic rings. The van der Waals surface area contributed by atoms with E-state index in [1.807, 2.05) is 5.32 Å². The Morgan fingerprint density at radius 2 is 2.12 bits per heavy atom. The molecule has 0 aromatic carbocycles. The minimum atomic E-state index is -4.83. The number of nitrogens with one attached hydrogen (secondary N) is 1. The Kier molecular flexibility index (Phi) is 4.92. The van der Waals surface area contributed by atoms with Crippen molar-refractivity contribution < 1.29 is 31.5 Å². The van der Waals surface area contributed by atoms with Crippen molar-refractivity contribution in [2.45, 2.75) is 24.6 Å². The number of pyridine rings is 1. The van der Waals surface area contributed by atoms with Gasteiger partial charge >= 0.3 is 6.18 Å². The minimum Gasteiger partial charge on any atom is -0.343 e. The van der Waals surface area contributed by atoms with Crippen LogP contribution in [0.25, 0.3) is 0 Å². The third kappa shape index (κ3) is 4.20. The predicted molar refractivity (Wildman–Crippen MR) is 72.3 cm³/mol. The molecule has 2 amide bonds. The molecule has 1 aromatic heterocycles. The van der Waals surface area contributed by atoms with Crippen LogP contribution in [0.5, 0.6) is 0 Å². The summed E-state index contributed by atoms with van der Waals surface area (Å²) in [6, 6.07) is 1.02. The zero-order valence-electron chi connectivity index (χ0n) is 12.5. The molecule has 0 radical (unpaired) electrons. The van der Waals surface area contributed by atoms with E-state index in [2.05, 4.69) is 4.98 Å². The van der Waals surface area contributed by atoms with E-state index >= 15 is 0 Å². The molecule has 25 heavy (non-hydrogen) atoms. The molecule has 6 nitrogen and oxygen atoms in total. The lowest BCUT2D eigenvalue weighted by Crippen LogP contribution is -2.43. The summed E-state index contributed by atoms with van der Waals surface area (Å²) in [5, 5.41) is 10.8. The third-order valence-corrected chi connectivity index (χ3v) is 3.51. The Labute approximate surface area is 138 Å². The average Bonchev–Trinajstić information content (AvgIpc) is 2.86. The number of hydrogen-bond donors (Lipinski definition) is 1. The SMILES string of the molecule is N#C[C@@H]1CC(F)(F)CN1C(=O)CNC(=O)c1ccncc1C(F)(F)F. The van der Waals surface area contributed by atoms with Crippen LogP contribution in [-0.4, -0.2) is 46.8 Å². The molecular formula is C14H11F5N4O2. The summed E-state index contributed by atoms with van der Waals surface area (Å²) in [5.74, 6) is -5.42. The molecule has 11 heteroatoms. The first-order valence-corrected chi connectivity index (χ1v) is 6.91. The number of hydrogen-bond acceptors (Lipinski definition) is 4. The van der Waals surface area contributed by atoms with Crippen LogP contribution in [0.1, 0.15) is 22.3 Å². The summed E-state index contributed by atoms with van der Waals surface area (Å²) in [7, 11) is 0. The van der Waals surface area contributed by atoms with Crippen molar-refractivity contribution in [2.75, 3.05) is 13.1 Å². The fourth-order valence-electron chi connectivity index (χ4n) is 2.37. The smallest absolute Gasteiger partial charge is 0.343 e. The molecule has 1 saturated heterocycles. The van der Waals surface area contributed by atoms with Gasteiger partial charge in [-0.3, -0.25) is 14.6 Å². The first kappa shape index (κ1) is 18.6. The van der Waals surface area contributed by atoms with Crippen LogP contribution in [0, 0.1) is 11.3 Å². The summed E-state index contributed by atoms with van der Waals surface area (Å²) < 4.78 is 65.0. The van der Waals surface area contributed by atoms with Crippen LogP contribution in [0.2, 0.25) is 0 Å². The molecule has 1 N–H and O–H groups in total. The maximum Gasteiger partial charge on any atom is 0.418 e. The van der Waals surface area contributed by atoms with Gasteiger partial charge in [-0.2, -0.15) is 18.4 Å². The lowest BCUT2D eigenvalue weighted by Gasteiger charge is -2.19. The Balaban J connectivity index is 2.06. The number of nitrogens with zero attached hydrogens (tertiary/aromatic N) is 3. The molecule has 2 rings (SSSR count). The van der Waals surface area contributed by atoms with Crippen LogP contribution >= 0.6 is 0 Å². The molecule has 1 aliphatic heterocycles. The van der Waals surface area contributed by atoms with Crippen LogP contribution in [0.15, 0.2) is 18.5 Å². The van der Waals surface area contributed by atoms with Crippen molar-refractivity contribution in [3.8, 4) is 6.07 Å². The number of rotatable bonds is 3. The second kappa shape index (κ2) is 6.62. The summed E-state index contributed by atoms with van der Waals surface area (Å²) in [6.07, 6.45) is -4.22. The van der Waals surface area contributed by atoms with Gasteiger partial charge < -0.3 is 10.2 Å². The number of aromatic nitrogens is 1. The fourth-order valence-corrected chi connectivity index (χ4v) is 2.37. The molecule has 2 heterocycles. The predicted octanol–water partition coefficient (Wildman–Crippen LogP) is 1.59. The monoisotopic (exact) mass is 362 g/mol. The summed E-state index contributed by atoms with van der Waals surface area (Å²) in [6.45, 7) is -1.80. The van der Waals surface area contributed by atoms with Gasteiger partial charge in [-0.25, -0.2) is 8.78 Å². The Morgan fingerprint density at radius 3 is 2.72 bits per heavy atom. The van der Waals surface area contributed by atoms with Crippen molar-refractivity contribution in [2.24, 2.45) is 0 Å². The van der Waals surface area contributed by atoms with Crippen molar-refractivity contribution in [1.82, 2.24) is 15.2 Å². The number of carbonyl (C=O) groups excluding carboxylic acids is 2. The van der Waals surface area contributed by atoms with E-state index in [1.54, 1.807) is 6.07 Å². The van der Waals surface area contributed by atoms with Crippen LogP contribution in [0.4, 0.5) is 22.0 Å². The lowest BCUT2D eigenvalue weighted by molar-refractivity contribution is -0.138. The molecule has 0 bridgehead atoms. The number of carbonyl (C=O) groups is 2. The van der Waals surface area contributed by atoms with E-state index in [0.717, 1.165) is 12.3 Å². The quantitative estimate of drug-likeness (QED) is 0.828. The van der Waals surface area contributed by atoms with E-state index < -0.39 is 60.6 Å². The third-order valence-electron chi connectivity index (χ3n) is 3.51. The van der Waals surface area contributed by atoms with Gasteiger partial charge in [0, 0.05) is 18.8 Å². The van der Waals surface area contributed by atoms with E-state index in [0.29, 0.717) is 11.1 Å². The topological polar surface area (TPSA) is 86.1 Å². The van der Waals surface area contributed by atoms with E-state index in [9.17, 15) is 31.5 Å². The normalized spacial score (nSPS) is 19.4. The van der Waals surface area contributed by atoms with Gasteiger partial charge in [-0.15, -0.1) is 0 Å². The standard InChI is InChI=1S/C14H11F5N4O2/c15-13(16)3-8(4-20)23(7-13)11(24)6-22-12(25)9-1-2-21-5-10(9)14(17,18)19/h1-2,5,8H,3,6-7H2,(H,22,25)/t8-/m0/s1. The Bertz CT molecular complexity index is 729. The van der Waals surface area contributed by atoms with Gasteiger partial charge in [0.25, 0.3) is 11.8 Å². The number of nitriles is 1. The van der Waals surface area contributed by atoms with Crippen LogP contribution in [0.3, 0.4) is 0 Å². The summed E-state index contributed by atoms with van der Waals surface area (Å²) in [5.41, 5.74) is -2.04. The first-order chi connectivity index (χ1) is 11.5. The maximum absolute atomic E-state index is 13.3. The van der Waals surface area contributed by atoms with Gasteiger partial charge in [-0.05, 0) is 6.07 Å². The molecule has 0 saturated carbocycles. The highest BCUT2D eigenvalue weighted by atomic mass is 19.4. The summed E-state index contributed by atoms with van der Waals surface area (Å²) >= 11 is 0. The second-order valence-electron chi connectivity index (χ2n) is 5.33. The molecule has 1 atom stereocenters. The molecule has 1 aliphatic rings. The largest absolute Gasteiger partial charge is 0.418 e. The van der Waals surface area contributed by atoms with Gasteiger partial charge in [0.15, 0.2) is 0 Å². The first-order valence-electron chi connectivity index (χ1n) is 6.91. The Morgan fingerprint density at radius 1 is 1.44 bits per heavy atom. The van der Waals surface area contributed by atoms with Gasteiger partial charge in [0.2, 0.25) is 5.91 Å². The molecule has 0 spiro atoms. The number of amides is 2. The Hall–Kier alpha value is -2.77. The van der Waals surface area contributed by atoms with Gasteiger partial charge in [0.05, 0.1) is 30.3 Å². The zero-order valence-corrected chi connectivity index (χ0v) is 12.5. The fraction of sp³-hybridized carbons (Fsp3) is 0.429. The van der Waals surface area contributed by atoms with E-state index in [4.69, 9.17) is 5.26 Å². The zero-order chi connectivity index (χ0) is 18.8. The highest BCUT2D eigenvalue weighted by molar-refractivity contribution is 5.97. The van der Waals surface area contributed by atoms with E-state index in [-0.39, 0.29) is 0 Å². The van der Waals surface area contributed by atoms with Crippen molar-refractivity contribution >= 4 is 11.8 Å². The molecule has 0 unspecified atom stereocenters. The van der Waals surface area contributed by atoms with Crippen LogP contribution < -0.4 is 5.32 Å². The van der Waals surface area contributed by atoms with Crippen LogP contribution in [-0.2, 0) is 11.0 Å². The molecule has 1 fully saturated rings. The minimum absolute atomic E-state index is 0.462. The van der Waals surface area contributed by atoms with Gasteiger partial charge in [-0.1, -0.05) is 0 Å². The average molecular weight is 362 g/mol. The number of halogens is 5. The highest BCUT2D eigenvalue weighted by Gasteiger charge is 2.47. The van der Waals surface area contributed by atoms with Gasteiger partial charge in [0.1, 0.15) is 6.04 Å². The number of likely N-dealkylation sites (tertiary alicyclic amines) is 1. The molecule has 0 aliphatic carbocycles. The second-order valence-corrected chi connectivity index (χ2v) is 5.33. The summed E-state index contributed by atoms with van der Waals surface area (Å²) in [4.78, 5) is 27.7. The van der Waals surface area contributed by atoms with E-state index in [1.165, 1.54) is 0 Å². The van der Waals surface area contributed by atoms with Crippen molar-refractivity contribution in [3.05, 3.63) is 29.6 Å². The lowest BCUT2D eigenvalue weighted by atomic mass is 10.1. The highest BCUT2D eigenvalue weighted by Crippen LogP contribution is 2.32. The van der Waals surface area contributed by atoms with Crippen molar-refractivity contribution in [1.29, 1.82) is 5.26 Å². The molecular weight excluding hydrogens is 351 g/mol. The molecule has 134 valence electrons. The maximum atomic E-state index is 13.3. The number of alkyl halides is 5.